The first-order chi connectivity index (χ1) is 35.1. The van der Waals surface area contributed by atoms with Gasteiger partial charge in [-0.05, 0) is 137 Å². The van der Waals surface area contributed by atoms with Gasteiger partial charge in [-0.25, -0.2) is 30.1 Å². The van der Waals surface area contributed by atoms with Gasteiger partial charge in [0.15, 0.2) is 5.78 Å². The minimum absolute atomic E-state index is 0.0216. The van der Waals surface area contributed by atoms with Crippen LogP contribution in [0.4, 0.5) is 15.3 Å². The number of nitrogens with one attached hydrogen (secondary N) is 1. The van der Waals surface area contributed by atoms with E-state index in [9.17, 15) is 29.2 Å². The largest absolute Gasteiger partial charge is 0.489 e. The molecule has 2 amide bonds. The van der Waals surface area contributed by atoms with E-state index in [2.05, 4.69) is 46.1 Å². The van der Waals surface area contributed by atoms with E-state index in [4.69, 9.17) is 47.5 Å². The molecule has 4 aliphatic rings. The topological polar surface area (TPSA) is 270 Å². The van der Waals surface area contributed by atoms with Crippen LogP contribution in [0.1, 0.15) is 143 Å². The lowest BCUT2D eigenvalue weighted by Gasteiger charge is -2.36. The summed E-state index contributed by atoms with van der Waals surface area (Å²) in [4.78, 5) is 58.9. The number of ketones is 1. The molecule has 3 fully saturated rings. The first-order valence-electron chi connectivity index (χ1n) is 24.9. The summed E-state index contributed by atoms with van der Waals surface area (Å²) >= 11 is 5.50. The number of halogens is 1. The van der Waals surface area contributed by atoms with Crippen LogP contribution in [0, 0.1) is 62.1 Å². The standard InChI is InChI=1S/C19H21N3O.C13H17N3O2.C11H15ClO2.C7H6BNO2.C6H14N2O2/c1-18(2)13-9-10-19(18,3)16-15(13)17(23)22(21(16)4)14-8-6-5-7-12(14)11-20;1-13(2,3)18-12(17)16(4)15-11-8-6-5-7-10(11)9-14;1-10(2)6-4-5-11(10,3)8(13)7(6)9(12)14;9-5-6-3-1-2-4-7(6)8(10)11;1-6(2,3)10-5(9)8(4)7/h5-8,13H,9-10H2,1-4H3;5-8,15H,1-4H3;6-7H,4-5H2,1-3H3;1-4,10-11H;7H2,1-4H3/t13-,19+;;6-,7?,11+;;/m1.1../s1. The van der Waals surface area contributed by atoms with Gasteiger partial charge in [-0.2, -0.15) is 15.8 Å². The van der Waals surface area contributed by atoms with Gasteiger partial charge < -0.3 is 19.5 Å². The number of hydrogen-bond acceptors (Lipinski definition) is 14. The summed E-state index contributed by atoms with van der Waals surface area (Å²) in [5.41, 5.74) is 6.50. The Morgan fingerprint density at radius 1 is 0.750 bits per heavy atom. The summed E-state index contributed by atoms with van der Waals surface area (Å²) in [6, 6.07) is 26.7. The summed E-state index contributed by atoms with van der Waals surface area (Å²) in [5.74, 6) is 5.11. The molecule has 3 saturated carbocycles. The average molecular weight is 1060 g/mol. The number of anilines is 1. The van der Waals surface area contributed by atoms with Crippen molar-refractivity contribution in [2.75, 3.05) is 19.5 Å². The summed E-state index contributed by atoms with van der Waals surface area (Å²) in [5, 5.41) is 45.9. The highest BCUT2D eigenvalue weighted by Gasteiger charge is 2.67. The van der Waals surface area contributed by atoms with Crippen molar-refractivity contribution in [3.63, 3.8) is 0 Å². The Kier molecular flexibility index (Phi) is 19.1. The van der Waals surface area contributed by atoms with Crippen molar-refractivity contribution in [1.29, 1.82) is 15.8 Å². The van der Waals surface area contributed by atoms with Gasteiger partial charge in [-0.15, -0.1) is 0 Å². The molecular weight excluding hydrogens is 989 g/mol. The number of amides is 2. The van der Waals surface area contributed by atoms with Gasteiger partial charge in [0, 0.05) is 37.5 Å². The number of Topliss-reactive ketones (excluding diaryl/α,β-unsaturated/α-hetero) is 1. The van der Waals surface area contributed by atoms with Crippen molar-refractivity contribution in [2.24, 2.45) is 41.0 Å². The van der Waals surface area contributed by atoms with Gasteiger partial charge in [-0.3, -0.25) is 24.5 Å². The van der Waals surface area contributed by atoms with Crippen molar-refractivity contribution in [3.8, 4) is 23.9 Å². The zero-order valence-electron chi connectivity index (χ0n) is 46.4. The number of nitriles is 3. The first-order valence-corrected chi connectivity index (χ1v) is 25.3. The second-order valence-corrected chi connectivity index (χ2v) is 23.4. The Morgan fingerprint density at radius 3 is 1.67 bits per heavy atom. The number of fused-ring (bicyclic) bond motifs is 7. The number of rotatable bonds is 5. The maximum atomic E-state index is 13.2. The molecule has 18 nitrogen and oxygen atoms in total. The van der Waals surface area contributed by atoms with Crippen LogP contribution in [0.2, 0.25) is 0 Å². The van der Waals surface area contributed by atoms with Crippen molar-refractivity contribution in [3.05, 3.63) is 111 Å². The molecule has 406 valence electrons. The molecule has 0 radical (unpaired) electrons. The number of ether oxygens (including phenoxy) is 2. The van der Waals surface area contributed by atoms with Crippen LogP contribution in [0.25, 0.3) is 5.69 Å². The third kappa shape index (κ3) is 12.7. The highest BCUT2D eigenvalue weighted by molar-refractivity contribution is 6.65. The number of benzene rings is 3. The molecule has 0 saturated heterocycles. The van der Waals surface area contributed by atoms with E-state index in [1.165, 1.54) is 24.2 Å². The predicted molar refractivity (Wildman–Crippen MR) is 291 cm³/mol. The molecule has 1 heterocycles. The predicted octanol–water partition coefficient (Wildman–Crippen LogP) is 8.33. The smallest absolute Gasteiger partial charge is 0.443 e. The SMILES string of the molecule is CC1(C)[C@@H]2CC[C@@]1(C)C(=O)C2C(=O)Cl.CN(N)C(=O)OC(C)(C)C.CN(Nc1ccccc1C#N)C(=O)OC(C)(C)C.Cn1c2c(c(=O)n1-c1ccccc1C#N)[C@H]1CC[C@]2(C)C1(C)C.N#Cc1ccccc1B(O)O. The average Bonchev–Trinajstić information content (AvgIpc) is 3.94. The van der Waals surface area contributed by atoms with Gasteiger partial charge in [0.1, 0.15) is 23.3 Å². The lowest BCUT2D eigenvalue weighted by molar-refractivity contribution is -0.135. The molecule has 0 spiro atoms. The lowest BCUT2D eigenvalue weighted by atomic mass is 9.70. The summed E-state index contributed by atoms with van der Waals surface area (Å²) < 4.78 is 13.7. The second-order valence-electron chi connectivity index (χ2n) is 23.0. The fourth-order valence-corrected chi connectivity index (χ4v) is 11.0. The second kappa shape index (κ2) is 23.5. The number of para-hydroxylation sites is 2. The molecule has 5 atom stereocenters. The number of aromatic nitrogens is 2. The Hall–Kier alpha value is -6.95. The highest BCUT2D eigenvalue weighted by atomic mass is 35.5. The fourth-order valence-electron chi connectivity index (χ4n) is 10.8. The van der Waals surface area contributed by atoms with Crippen LogP contribution < -0.4 is 22.3 Å². The number of nitrogens with zero attached hydrogens (tertiary/aromatic N) is 7. The number of hydrazine groups is 2. The van der Waals surface area contributed by atoms with Gasteiger partial charge in [0.05, 0.1) is 45.7 Å². The third-order valence-electron chi connectivity index (χ3n) is 15.5. The van der Waals surface area contributed by atoms with E-state index in [-0.39, 0.29) is 44.4 Å². The van der Waals surface area contributed by atoms with Crippen molar-refractivity contribution in [2.45, 2.75) is 131 Å². The number of carbonyl (C=O) groups excluding carboxylic acids is 4. The van der Waals surface area contributed by atoms with Crippen LogP contribution in [0.5, 0.6) is 0 Å². The van der Waals surface area contributed by atoms with Gasteiger partial charge in [-0.1, -0.05) is 84.0 Å². The molecule has 8 rings (SSSR count). The van der Waals surface area contributed by atoms with Crippen molar-refractivity contribution in [1.82, 2.24) is 19.4 Å². The minimum atomic E-state index is -1.56. The molecule has 4 aliphatic carbocycles. The molecule has 0 aliphatic heterocycles. The Morgan fingerprint density at radius 2 is 1.24 bits per heavy atom. The monoisotopic (exact) mass is 1060 g/mol. The summed E-state index contributed by atoms with van der Waals surface area (Å²) in [6.07, 6.45) is 3.04. The van der Waals surface area contributed by atoms with Crippen molar-refractivity contribution >= 4 is 53.1 Å². The molecule has 1 aromatic heterocycles. The number of nitrogens with two attached hydrogens (primary N) is 1. The highest BCUT2D eigenvalue weighted by Crippen LogP contribution is 2.67. The zero-order valence-corrected chi connectivity index (χ0v) is 47.2. The molecule has 4 aromatic rings. The number of carbonyl (C=O) groups is 4. The minimum Gasteiger partial charge on any atom is -0.443 e. The van der Waals surface area contributed by atoms with Crippen molar-refractivity contribution < 1.29 is 38.7 Å². The van der Waals surface area contributed by atoms with Crippen LogP contribution in [0.3, 0.4) is 0 Å². The van der Waals surface area contributed by atoms with E-state index >= 15 is 0 Å². The van der Waals surface area contributed by atoms with E-state index < -0.39 is 41.7 Å². The van der Waals surface area contributed by atoms with Crippen LogP contribution in [-0.2, 0) is 31.5 Å². The van der Waals surface area contributed by atoms with E-state index in [0.717, 1.165) is 41.9 Å². The van der Waals surface area contributed by atoms with E-state index in [1.807, 2.05) is 49.0 Å². The molecule has 5 N–H and O–H groups in total. The van der Waals surface area contributed by atoms with Gasteiger partial charge in [0.2, 0.25) is 5.24 Å². The Balaban J connectivity index is 0.000000213. The maximum Gasteiger partial charge on any atom is 0.489 e. The van der Waals surface area contributed by atoms with Crippen LogP contribution >= 0.6 is 11.6 Å². The Labute approximate surface area is 452 Å². The van der Waals surface area contributed by atoms with Crippen LogP contribution in [-0.4, -0.2) is 85.1 Å². The normalized spacial score (nSPS) is 21.5. The lowest BCUT2D eigenvalue weighted by Crippen LogP contribution is -2.38. The maximum absolute atomic E-state index is 13.2. The zero-order chi connectivity index (χ0) is 57.7. The molecule has 1 unspecified atom stereocenters. The molecule has 3 aromatic carbocycles. The third-order valence-corrected chi connectivity index (χ3v) is 15.7. The van der Waals surface area contributed by atoms with Gasteiger partial charge in [0.25, 0.3) is 5.56 Å². The van der Waals surface area contributed by atoms with Crippen LogP contribution in [0.15, 0.2) is 77.6 Å². The summed E-state index contributed by atoms with van der Waals surface area (Å²) in [6.45, 7) is 23.8. The van der Waals surface area contributed by atoms with E-state index in [1.54, 1.807) is 95.7 Å². The molecular formula is C56H73BClN9O9. The number of hydrogen-bond donors (Lipinski definition) is 4. The molecule has 20 heteroatoms. The Bertz CT molecular complexity index is 3010. The van der Waals surface area contributed by atoms with Gasteiger partial charge >= 0.3 is 19.3 Å². The van der Waals surface area contributed by atoms with E-state index in [0.29, 0.717) is 34.0 Å². The fraction of sp³-hybridized carbons (Fsp3) is 0.500. The summed E-state index contributed by atoms with van der Waals surface area (Å²) in [7, 11) is 3.37. The molecule has 76 heavy (non-hydrogen) atoms. The quantitative estimate of drug-likeness (QED) is 0.0366. The molecule has 4 bridgehead atoms. The first kappa shape index (κ1) is 61.6.